The first-order valence-corrected chi connectivity index (χ1v) is 6.70. The van der Waals surface area contributed by atoms with E-state index in [0.717, 1.165) is 25.1 Å². The number of carbonyl (C=O) groups is 1. The van der Waals surface area contributed by atoms with Crippen LogP contribution in [-0.4, -0.2) is 38.4 Å². The molecule has 20 heavy (non-hydrogen) atoms. The fraction of sp³-hybridized carbons (Fsp3) is 0.429. The molecule has 0 unspecified atom stereocenters. The summed E-state index contributed by atoms with van der Waals surface area (Å²) < 4.78 is 14.8. The molecule has 0 aromatic carbocycles. The van der Waals surface area contributed by atoms with Gasteiger partial charge < -0.3 is 9.51 Å². The van der Waals surface area contributed by atoms with Crippen molar-refractivity contribution in [2.24, 2.45) is 5.92 Å². The van der Waals surface area contributed by atoms with Gasteiger partial charge in [-0.1, -0.05) is 0 Å². The Labute approximate surface area is 115 Å². The van der Waals surface area contributed by atoms with Crippen molar-refractivity contribution in [1.82, 2.24) is 14.3 Å². The minimum Gasteiger partial charge on any atom is -0.481 e. The summed E-state index contributed by atoms with van der Waals surface area (Å²) in [6.45, 7) is 2.04. The average Bonchev–Trinajstić information content (AvgIpc) is 2.80. The number of carboxylic acid groups (broad SMARTS) is 1. The van der Waals surface area contributed by atoms with Crippen LogP contribution in [0.4, 0.5) is 4.39 Å². The summed E-state index contributed by atoms with van der Waals surface area (Å²) >= 11 is 0. The Kier molecular flexibility index (Phi) is 3.40. The number of likely N-dealkylation sites (tertiary alicyclic amines) is 1. The molecule has 1 N–H and O–H groups in total. The van der Waals surface area contributed by atoms with E-state index < -0.39 is 5.97 Å². The molecule has 3 heterocycles. The zero-order valence-corrected chi connectivity index (χ0v) is 11.0. The lowest BCUT2D eigenvalue weighted by Gasteiger charge is -2.29. The van der Waals surface area contributed by atoms with Gasteiger partial charge in [-0.15, -0.1) is 0 Å². The number of fused-ring (bicyclic) bond motifs is 1. The molecular weight excluding hydrogens is 261 g/mol. The number of imidazole rings is 1. The monoisotopic (exact) mass is 277 g/mol. The summed E-state index contributed by atoms with van der Waals surface area (Å²) in [5.41, 5.74) is 1.54. The van der Waals surface area contributed by atoms with Gasteiger partial charge >= 0.3 is 5.97 Å². The average molecular weight is 277 g/mol. The standard InChI is InChI=1S/C14H16FN3O2/c15-11-3-4-13-16-12(9-18(13)7-11)8-17-5-1-2-10(6-17)14(19)20/h3-4,7,9-10H,1-2,5-6,8H2,(H,19,20)/t10-/m0/s1. The molecule has 0 spiro atoms. The summed E-state index contributed by atoms with van der Waals surface area (Å²) in [5, 5.41) is 9.08. The second-order valence-electron chi connectivity index (χ2n) is 5.26. The maximum Gasteiger partial charge on any atom is 0.307 e. The first-order chi connectivity index (χ1) is 9.61. The van der Waals surface area contributed by atoms with E-state index in [1.54, 1.807) is 16.7 Å². The zero-order chi connectivity index (χ0) is 14.1. The molecule has 0 bridgehead atoms. The smallest absolute Gasteiger partial charge is 0.307 e. The van der Waals surface area contributed by atoms with Crippen LogP contribution in [0, 0.1) is 11.7 Å². The van der Waals surface area contributed by atoms with E-state index in [4.69, 9.17) is 5.11 Å². The number of pyridine rings is 1. The Morgan fingerprint density at radius 1 is 1.45 bits per heavy atom. The molecule has 5 nitrogen and oxygen atoms in total. The fourth-order valence-corrected chi connectivity index (χ4v) is 2.72. The summed E-state index contributed by atoms with van der Waals surface area (Å²) in [7, 11) is 0. The predicted molar refractivity (Wildman–Crippen MR) is 70.8 cm³/mol. The third-order valence-electron chi connectivity index (χ3n) is 3.71. The van der Waals surface area contributed by atoms with Crippen molar-refractivity contribution in [2.75, 3.05) is 13.1 Å². The van der Waals surface area contributed by atoms with E-state index in [1.807, 2.05) is 0 Å². The molecule has 2 aromatic heterocycles. The Hall–Kier alpha value is -1.95. The van der Waals surface area contributed by atoms with Gasteiger partial charge in [-0.2, -0.15) is 0 Å². The highest BCUT2D eigenvalue weighted by molar-refractivity contribution is 5.70. The number of carboxylic acids is 1. The minimum absolute atomic E-state index is 0.293. The van der Waals surface area contributed by atoms with E-state index in [9.17, 15) is 9.18 Å². The highest BCUT2D eigenvalue weighted by Gasteiger charge is 2.25. The van der Waals surface area contributed by atoms with Crippen molar-refractivity contribution in [2.45, 2.75) is 19.4 Å². The number of halogens is 1. The molecule has 0 radical (unpaired) electrons. The van der Waals surface area contributed by atoms with Gasteiger partial charge in [0.05, 0.1) is 11.6 Å². The molecule has 6 heteroatoms. The molecule has 1 saturated heterocycles. The summed E-state index contributed by atoms with van der Waals surface area (Å²) in [5.74, 6) is -1.32. The van der Waals surface area contributed by atoms with Crippen molar-refractivity contribution in [1.29, 1.82) is 0 Å². The van der Waals surface area contributed by atoms with Crippen LogP contribution in [0.3, 0.4) is 0 Å². The van der Waals surface area contributed by atoms with Crippen LogP contribution >= 0.6 is 0 Å². The van der Waals surface area contributed by atoms with E-state index >= 15 is 0 Å². The Morgan fingerprint density at radius 3 is 3.10 bits per heavy atom. The van der Waals surface area contributed by atoms with E-state index in [2.05, 4.69) is 9.88 Å². The Morgan fingerprint density at radius 2 is 2.30 bits per heavy atom. The maximum atomic E-state index is 13.1. The van der Waals surface area contributed by atoms with Gasteiger partial charge in [0.2, 0.25) is 0 Å². The maximum absolute atomic E-state index is 13.1. The predicted octanol–water partition coefficient (Wildman–Crippen LogP) is 1.77. The molecule has 1 aliphatic rings. The molecule has 1 atom stereocenters. The van der Waals surface area contributed by atoms with Crippen molar-refractivity contribution < 1.29 is 14.3 Å². The molecule has 0 amide bonds. The van der Waals surface area contributed by atoms with Crippen LogP contribution in [0.25, 0.3) is 5.65 Å². The summed E-state index contributed by atoms with van der Waals surface area (Å²) in [4.78, 5) is 17.6. The van der Waals surface area contributed by atoms with E-state index in [-0.39, 0.29) is 11.7 Å². The largest absolute Gasteiger partial charge is 0.481 e. The Bertz CT molecular complexity index is 640. The molecule has 106 valence electrons. The highest BCUT2D eigenvalue weighted by atomic mass is 19.1. The lowest BCUT2D eigenvalue weighted by Crippen LogP contribution is -2.38. The van der Waals surface area contributed by atoms with Crippen molar-refractivity contribution >= 4 is 11.6 Å². The third-order valence-corrected chi connectivity index (χ3v) is 3.71. The number of hydrogen-bond acceptors (Lipinski definition) is 3. The number of hydrogen-bond donors (Lipinski definition) is 1. The van der Waals surface area contributed by atoms with Gasteiger partial charge in [0, 0.05) is 25.5 Å². The molecule has 1 fully saturated rings. The highest BCUT2D eigenvalue weighted by Crippen LogP contribution is 2.19. The minimum atomic E-state index is -0.730. The first kappa shape index (κ1) is 13.1. The SMILES string of the molecule is O=C(O)[C@H]1CCCN(Cc2cn3cc(F)ccc3n2)C1. The summed E-state index contributed by atoms with van der Waals surface area (Å²) in [6.07, 6.45) is 4.81. The van der Waals surface area contributed by atoms with Crippen LogP contribution in [-0.2, 0) is 11.3 Å². The van der Waals surface area contributed by atoms with Gasteiger partial charge in [-0.25, -0.2) is 9.37 Å². The first-order valence-electron chi connectivity index (χ1n) is 6.70. The number of aromatic nitrogens is 2. The Balaban J connectivity index is 1.74. The van der Waals surface area contributed by atoms with E-state index in [0.29, 0.717) is 18.7 Å². The molecule has 2 aromatic rings. The van der Waals surface area contributed by atoms with Crippen LogP contribution in [0.1, 0.15) is 18.5 Å². The second-order valence-corrected chi connectivity index (χ2v) is 5.26. The number of nitrogens with zero attached hydrogens (tertiary/aromatic N) is 3. The lowest BCUT2D eigenvalue weighted by atomic mass is 9.98. The van der Waals surface area contributed by atoms with Crippen molar-refractivity contribution in [3.63, 3.8) is 0 Å². The van der Waals surface area contributed by atoms with Crippen LogP contribution < -0.4 is 0 Å². The van der Waals surface area contributed by atoms with Gasteiger partial charge in [0.1, 0.15) is 11.5 Å². The topological polar surface area (TPSA) is 57.8 Å². The third kappa shape index (κ3) is 2.65. The lowest BCUT2D eigenvalue weighted by molar-refractivity contribution is -0.143. The molecule has 3 rings (SSSR count). The van der Waals surface area contributed by atoms with Gasteiger partial charge in [0.25, 0.3) is 0 Å². The van der Waals surface area contributed by atoms with Gasteiger partial charge in [0.15, 0.2) is 0 Å². The second kappa shape index (κ2) is 5.20. The van der Waals surface area contributed by atoms with Crippen molar-refractivity contribution in [3.05, 3.63) is 36.0 Å². The van der Waals surface area contributed by atoms with E-state index in [1.165, 1.54) is 12.3 Å². The molecule has 0 saturated carbocycles. The van der Waals surface area contributed by atoms with Crippen LogP contribution in [0.5, 0.6) is 0 Å². The number of rotatable bonds is 3. The van der Waals surface area contributed by atoms with Gasteiger partial charge in [-0.05, 0) is 31.5 Å². The van der Waals surface area contributed by atoms with Gasteiger partial charge in [-0.3, -0.25) is 9.69 Å². The number of aliphatic carboxylic acids is 1. The van der Waals surface area contributed by atoms with Crippen molar-refractivity contribution in [3.8, 4) is 0 Å². The van der Waals surface area contributed by atoms with Crippen LogP contribution in [0.2, 0.25) is 0 Å². The molecular formula is C14H16FN3O2. The molecule has 1 aliphatic heterocycles. The fourth-order valence-electron chi connectivity index (χ4n) is 2.72. The number of piperidine rings is 1. The quantitative estimate of drug-likeness (QED) is 0.929. The van der Waals surface area contributed by atoms with Crippen LogP contribution in [0.15, 0.2) is 24.5 Å². The normalized spacial score (nSPS) is 20.4. The molecule has 0 aliphatic carbocycles. The zero-order valence-electron chi connectivity index (χ0n) is 11.0. The summed E-state index contributed by atoms with van der Waals surface area (Å²) in [6, 6.07) is 3.02.